The number of halogens is 1. The summed E-state index contributed by atoms with van der Waals surface area (Å²) in [5, 5.41) is 3.12. The van der Waals surface area contributed by atoms with Crippen LogP contribution in [0.5, 0.6) is 5.75 Å². The predicted octanol–water partition coefficient (Wildman–Crippen LogP) is 4.70. The maximum Gasteiger partial charge on any atom is 0.375 e. The Morgan fingerprint density at radius 3 is 2.61 bits per heavy atom. The number of furan rings is 1. The van der Waals surface area contributed by atoms with Crippen molar-refractivity contribution in [3.63, 3.8) is 0 Å². The fraction of sp³-hybridized carbons (Fsp3) is 0.143. The average molecular weight is 400 g/mol. The van der Waals surface area contributed by atoms with E-state index in [1.54, 1.807) is 30.3 Å². The Labute approximate surface area is 167 Å². The Bertz CT molecular complexity index is 954. The molecule has 1 atom stereocenters. The normalized spacial score (nSPS) is 11.5. The van der Waals surface area contributed by atoms with E-state index in [1.165, 1.54) is 13.0 Å². The van der Waals surface area contributed by atoms with E-state index in [2.05, 4.69) is 5.32 Å². The number of hydrogen-bond donors (Lipinski definition) is 1. The van der Waals surface area contributed by atoms with Gasteiger partial charge in [-0.15, -0.1) is 0 Å². The molecule has 1 N–H and O–H groups in total. The minimum atomic E-state index is -1.01. The molecule has 0 aliphatic heterocycles. The summed E-state index contributed by atoms with van der Waals surface area (Å²) in [6.45, 7) is 1.64. The zero-order valence-corrected chi connectivity index (χ0v) is 15.8. The van der Waals surface area contributed by atoms with Crippen LogP contribution in [0.1, 0.15) is 23.2 Å². The molecule has 2 aromatic carbocycles. The first-order valence-electron chi connectivity index (χ1n) is 8.55. The van der Waals surface area contributed by atoms with E-state index < -0.39 is 18.0 Å². The maximum absolute atomic E-state index is 12.2. The molecule has 1 amide bonds. The van der Waals surface area contributed by atoms with Gasteiger partial charge in [0.05, 0.1) is 0 Å². The van der Waals surface area contributed by atoms with E-state index in [0.29, 0.717) is 22.2 Å². The van der Waals surface area contributed by atoms with Crippen molar-refractivity contribution in [3.8, 4) is 5.75 Å². The Morgan fingerprint density at radius 2 is 1.86 bits per heavy atom. The smallest absolute Gasteiger partial charge is 0.375 e. The summed E-state index contributed by atoms with van der Waals surface area (Å²) in [7, 11) is 0. The molecule has 0 unspecified atom stereocenters. The topological polar surface area (TPSA) is 77.8 Å². The van der Waals surface area contributed by atoms with Crippen LogP contribution in [0.4, 0.5) is 5.69 Å². The number of rotatable bonds is 7. The van der Waals surface area contributed by atoms with Crippen LogP contribution in [0.15, 0.2) is 71.1 Å². The predicted molar refractivity (Wildman–Crippen MR) is 104 cm³/mol. The first-order chi connectivity index (χ1) is 13.5. The van der Waals surface area contributed by atoms with Crippen LogP contribution in [0.3, 0.4) is 0 Å². The third-order valence-electron chi connectivity index (χ3n) is 3.73. The number of hydrogen-bond acceptors (Lipinski definition) is 5. The van der Waals surface area contributed by atoms with Gasteiger partial charge in [0.25, 0.3) is 5.91 Å². The molecule has 28 heavy (non-hydrogen) atoms. The lowest BCUT2D eigenvalue weighted by molar-refractivity contribution is -0.123. The summed E-state index contributed by atoms with van der Waals surface area (Å²) in [5.41, 5.74) is 0.513. The van der Waals surface area contributed by atoms with Crippen molar-refractivity contribution < 1.29 is 23.5 Å². The number of amides is 1. The molecule has 0 spiro atoms. The van der Waals surface area contributed by atoms with Gasteiger partial charge in [-0.25, -0.2) is 4.79 Å². The fourth-order valence-corrected chi connectivity index (χ4v) is 2.51. The monoisotopic (exact) mass is 399 g/mol. The highest BCUT2D eigenvalue weighted by atomic mass is 35.5. The summed E-state index contributed by atoms with van der Waals surface area (Å²) in [5.74, 6) is -0.0650. The highest BCUT2D eigenvalue weighted by Crippen LogP contribution is 2.17. The number of carbonyl (C=O) groups excluding carboxylic acids is 2. The summed E-state index contributed by atoms with van der Waals surface area (Å²) in [6.07, 6.45) is -1.01. The van der Waals surface area contributed by atoms with Crippen LogP contribution in [-0.4, -0.2) is 18.0 Å². The first-order valence-corrected chi connectivity index (χ1v) is 8.93. The van der Waals surface area contributed by atoms with Crippen LogP contribution in [0, 0.1) is 0 Å². The summed E-state index contributed by atoms with van der Waals surface area (Å²) in [4.78, 5) is 24.4. The zero-order valence-electron chi connectivity index (χ0n) is 15.1. The lowest BCUT2D eigenvalue weighted by Crippen LogP contribution is -2.29. The lowest BCUT2D eigenvalue weighted by Gasteiger charge is -2.12. The van der Waals surface area contributed by atoms with Crippen molar-refractivity contribution in [2.24, 2.45) is 0 Å². The van der Waals surface area contributed by atoms with Crippen molar-refractivity contribution in [2.75, 3.05) is 5.32 Å². The Morgan fingerprint density at radius 1 is 1.07 bits per heavy atom. The number of carbonyl (C=O) groups is 2. The average Bonchev–Trinajstić information content (AvgIpc) is 3.16. The van der Waals surface area contributed by atoms with Crippen molar-refractivity contribution in [3.05, 3.63) is 83.3 Å². The van der Waals surface area contributed by atoms with E-state index in [9.17, 15) is 9.59 Å². The number of esters is 1. The standard InChI is InChI=1S/C21H18ClNO5/c1-14(20(24)23-16-7-5-6-15(22)12-16)27-21(25)19-11-10-18(28-19)13-26-17-8-3-2-4-9-17/h2-12,14H,13H2,1H3,(H,23,24)/t14-/m1/s1. The summed E-state index contributed by atoms with van der Waals surface area (Å²) < 4.78 is 16.2. The van der Waals surface area contributed by atoms with E-state index in [-0.39, 0.29) is 12.4 Å². The number of anilines is 1. The van der Waals surface area contributed by atoms with Gasteiger partial charge in [0.2, 0.25) is 5.76 Å². The molecular weight excluding hydrogens is 382 g/mol. The van der Waals surface area contributed by atoms with Crippen molar-refractivity contribution >= 4 is 29.2 Å². The molecule has 7 heteroatoms. The number of para-hydroxylation sites is 1. The van der Waals surface area contributed by atoms with Gasteiger partial charge in [-0.3, -0.25) is 4.79 Å². The van der Waals surface area contributed by atoms with E-state index in [1.807, 2.05) is 30.3 Å². The van der Waals surface area contributed by atoms with Crippen LogP contribution < -0.4 is 10.1 Å². The van der Waals surface area contributed by atoms with Gasteiger partial charge in [-0.1, -0.05) is 35.9 Å². The van der Waals surface area contributed by atoms with Crippen LogP contribution >= 0.6 is 11.6 Å². The minimum Gasteiger partial charge on any atom is -0.486 e. The van der Waals surface area contributed by atoms with Gasteiger partial charge in [0, 0.05) is 10.7 Å². The van der Waals surface area contributed by atoms with E-state index in [4.69, 9.17) is 25.5 Å². The Hall–Kier alpha value is -3.25. The lowest BCUT2D eigenvalue weighted by atomic mass is 10.3. The maximum atomic E-state index is 12.2. The number of nitrogens with one attached hydrogen (secondary N) is 1. The molecule has 0 fully saturated rings. The van der Waals surface area contributed by atoms with Gasteiger partial charge in [-0.05, 0) is 49.4 Å². The highest BCUT2D eigenvalue weighted by Gasteiger charge is 2.21. The zero-order chi connectivity index (χ0) is 19.9. The fourth-order valence-electron chi connectivity index (χ4n) is 2.32. The number of ether oxygens (including phenoxy) is 2. The van der Waals surface area contributed by atoms with Gasteiger partial charge in [0.15, 0.2) is 6.10 Å². The van der Waals surface area contributed by atoms with Crippen LogP contribution in [0.2, 0.25) is 5.02 Å². The molecule has 0 aliphatic rings. The second kappa shape index (κ2) is 9.10. The van der Waals surface area contributed by atoms with Crippen molar-refractivity contribution in [1.29, 1.82) is 0 Å². The Kier molecular flexibility index (Phi) is 6.34. The van der Waals surface area contributed by atoms with Crippen molar-refractivity contribution in [2.45, 2.75) is 19.6 Å². The van der Waals surface area contributed by atoms with Gasteiger partial charge in [0.1, 0.15) is 18.1 Å². The van der Waals surface area contributed by atoms with Gasteiger partial charge in [-0.2, -0.15) is 0 Å². The van der Waals surface area contributed by atoms with Crippen molar-refractivity contribution in [1.82, 2.24) is 0 Å². The molecule has 3 aromatic rings. The molecular formula is C21H18ClNO5. The molecule has 144 valence electrons. The minimum absolute atomic E-state index is 0.00549. The van der Waals surface area contributed by atoms with E-state index >= 15 is 0 Å². The van der Waals surface area contributed by atoms with Crippen LogP contribution in [0.25, 0.3) is 0 Å². The molecule has 0 saturated heterocycles. The molecule has 0 aliphatic carbocycles. The molecule has 6 nitrogen and oxygen atoms in total. The molecule has 0 radical (unpaired) electrons. The molecule has 1 aromatic heterocycles. The molecule has 0 bridgehead atoms. The first kappa shape index (κ1) is 19.5. The summed E-state index contributed by atoms with van der Waals surface area (Å²) >= 11 is 5.88. The SMILES string of the molecule is C[C@@H](OC(=O)c1ccc(COc2ccccc2)o1)C(=O)Nc1cccc(Cl)c1. The Balaban J connectivity index is 1.52. The number of benzene rings is 2. The van der Waals surface area contributed by atoms with E-state index in [0.717, 1.165) is 0 Å². The van der Waals surface area contributed by atoms with Gasteiger partial charge >= 0.3 is 5.97 Å². The molecule has 1 heterocycles. The highest BCUT2D eigenvalue weighted by molar-refractivity contribution is 6.30. The third-order valence-corrected chi connectivity index (χ3v) is 3.97. The molecule has 3 rings (SSSR count). The third kappa shape index (κ3) is 5.37. The quantitative estimate of drug-likeness (QED) is 0.583. The second-order valence-electron chi connectivity index (χ2n) is 5.91. The molecule has 0 saturated carbocycles. The van der Waals surface area contributed by atoms with Crippen LogP contribution in [-0.2, 0) is 16.1 Å². The van der Waals surface area contributed by atoms with Gasteiger partial charge < -0.3 is 19.2 Å². The second-order valence-corrected chi connectivity index (χ2v) is 6.35. The largest absolute Gasteiger partial charge is 0.486 e. The summed E-state index contributed by atoms with van der Waals surface area (Å²) in [6, 6.07) is 19.0.